The number of ether oxygens (including phenoxy) is 2. The van der Waals surface area contributed by atoms with Crippen LogP contribution >= 0.6 is 0 Å². The van der Waals surface area contributed by atoms with Crippen LogP contribution < -0.4 is 9.47 Å². The molecular weight excluding hydrogens is 240 g/mol. The standard InChI is InChI=1S/C16H16O3/c1-11-6-4-5-7-15(11)19-14-8-9-16(12(2)10-14)18-13(3)17/h4-10H,1-3H3. The largest absolute Gasteiger partial charge is 0.457 e. The summed E-state index contributed by atoms with van der Waals surface area (Å²) in [5, 5.41) is 0. The van der Waals surface area contributed by atoms with Gasteiger partial charge in [-0.25, -0.2) is 0 Å². The molecule has 98 valence electrons. The number of hydrogen-bond acceptors (Lipinski definition) is 3. The number of rotatable bonds is 3. The maximum Gasteiger partial charge on any atom is 0.308 e. The smallest absolute Gasteiger partial charge is 0.308 e. The fourth-order valence-electron chi connectivity index (χ4n) is 1.75. The Morgan fingerprint density at radius 1 is 0.947 bits per heavy atom. The van der Waals surface area contributed by atoms with E-state index in [1.807, 2.05) is 44.2 Å². The topological polar surface area (TPSA) is 35.5 Å². The van der Waals surface area contributed by atoms with Gasteiger partial charge in [0.05, 0.1) is 0 Å². The quantitative estimate of drug-likeness (QED) is 0.614. The van der Waals surface area contributed by atoms with Crippen molar-refractivity contribution in [2.75, 3.05) is 0 Å². The summed E-state index contributed by atoms with van der Waals surface area (Å²) in [6, 6.07) is 13.2. The van der Waals surface area contributed by atoms with Crippen LogP contribution in [0.5, 0.6) is 17.2 Å². The van der Waals surface area contributed by atoms with Gasteiger partial charge in [0.2, 0.25) is 0 Å². The van der Waals surface area contributed by atoms with Crippen molar-refractivity contribution >= 4 is 5.97 Å². The van der Waals surface area contributed by atoms with E-state index < -0.39 is 0 Å². The third-order valence-corrected chi connectivity index (χ3v) is 2.72. The van der Waals surface area contributed by atoms with Crippen molar-refractivity contribution in [3.8, 4) is 17.2 Å². The van der Waals surface area contributed by atoms with E-state index in [2.05, 4.69) is 0 Å². The van der Waals surface area contributed by atoms with Crippen molar-refractivity contribution in [1.29, 1.82) is 0 Å². The molecule has 0 heterocycles. The molecule has 0 radical (unpaired) electrons. The van der Waals surface area contributed by atoms with Gasteiger partial charge in [-0.1, -0.05) is 18.2 Å². The highest BCUT2D eigenvalue weighted by atomic mass is 16.5. The van der Waals surface area contributed by atoms with Crippen molar-refractivity contribution in [1.82, 2.24) is 0 Å². The number of hydrogen-bond donors (Lipinski definition) is 0. The Labute approximate surface area is 112 Å². The molecule has 2 aromatic carbocycles. The molecular formula is C16H16O3. The predicted octanol–water partition coefficient (Wildman–Crippen LogP) is 4.02. The van der Waals surface area contributed by atoms with E-state index in [0.717, 1.165) is 22.6 Å². The zero-order chi connectivity index (χ0) is 13.8. The molecule has 0 aliphatic rings. The van der Waals surface area contributed by atoms with Gasteiger partial charge < -0.3 is 9.47 Å². The minimum Gasteiger partial charge on any atom is -0.457 e. The molecule has 0 aliphatic carbocycles. The molecule has 0 N–H and O–H groups in total. The Bertz CT molecular complexity index is 603. The third-order valence-electron chi connectivity index (χ3n) is 2.72. The minimum absolute atomic E-state index is 0.323. The lowest BCUT2D eigenvalue weighted by molar-refractivity contribution is -0.131. The Balaban J connectivity index is 2.21. The van der Waals surface area contributed by atoms with Crippen molar-refractivity contribution in [3.63, 3.8) is 0 Å². The van der Waals surface area contributed by atoms with Crippen LogP contribution in [-0.4, -0.2) is 5.97 Å². The molecule has 3 nitrogen and oxygen atoms in total. The van der Waals surface area contributed by atoms with Gasteiger partial charge in [0.1, 0.15) is 17.2 Å². The highest BCUT2D eigenvalue weighted by Gasteiger charge is 2.06. The molecule has 0 saturated carbocycles. The summed E-state index contributed by atoms with van der Waals surface area (Å²) in [5.74, 6) is 1.78. The van der Waals surface area contributed by atoms with Crippen LogP contribution in [0.15, 0.2) is 42.5 Å². The zero-order valence-corrected chi connectivity index (χ0v) is 11.3. The van der Waals surface area contributed by atoms with Crippen molar-refractivity contribution in [2.24, 2.45) is 0 Å². The van der Waals surface area contributed by atoms with Gasteiger partial charge in [-0.05, 0) is 49.2 Å². The van der Waals surface area contributed by atoms with Gasteiger partial charge in [0.25, 0.3) is 0 Å². The van der Waals surface area contributed by atoms with Gasteiger partial charge in [0, 0.05) is 6.92 Å². The molecule has 0 aromatic heterocycles. The molecule has 2 aromatic rings. The number of esters is 1. The minimum atomic E-state index is -0.323. The average Bonchev–Trinajstić information content (AvgIpc) is 2.35. The van der Waals surface area contributed by atoms with Gasteiger partial charge >= 0.3 is 5.97 Å². The fourth-order valence-corrected chi connectivity index (χ4v) is 1.75. The van der Waals surface area contributed by atoms with Gasteiger partial charge in [-0.15, -0.1) is 0 Å². The predicted molar refractivity (Wildman–Crippen MR) is 73.7 cm³/mol. The maximum atomic E-state index is 10.9. The van der Waals surface area contributed by atoms with E-state index >= 15 is 0 Å². The molecule has 0 fully saturated rings. The van der Waals surface area contributed by atoms with E-state index in [0.29, 0.717) is 5.75 Å². The Morgan fingerprint density at radius 2 is 1.68 bits per heavy atom. The Morgan fingerprint density at radius 3 is 2.32 bits per heavy atom. The molecule has 0 spiro atoms. The number of benzene rings is 2. The molecule has 0 bridgehead atoms. The first-order chi connectivity index (χ1) is 9.06. The zero-order valence-electron chi connectivity index (χ0n) is 11.3. The monoisotopic (exact) mass is 256 g/mol. The van der Waals surface area contributed by atoms with E-state index in [4.69, 9.17) is 9.47 Å². The van der Waals surface area contributed by atoms with Crippen molar-refractivity contribution in [3.05, 3.63) is 53.6 Å². The molecule has 0 atom stereocenters. The van der Waals surface area contributed by atoms with Crippen LogP contribution in [0.3, 0.4) is 0 Å². The molecule has 19 heavy (non-hydrogen) atoms. The average molecular weight is 256 g/mol. The first kappa shape index (κ1) is 13.1. The first-order valence-electron chi connectivity index (χ1n) is 6.09. The van der Waals surface area contributed by atoms with Gasteiger partial charge in [-0.2, -0.15) is 0 Å². The number of para-hydroxylation sites is 1. The van der Waals surface area contributed by atoms with Crippen molar-refractivity contribution in [2.45, 2.75) is 20.8 Å². The lowest BCUT2D eigenvalue weighted by atomic mass is 10.2. The van der Waals surface area contributed by atoms with E-state index in [9.17, 15) is 4.79 Å². The summed E-state index contributed by atoms with van der Waals surface area (Å²) in [4.78, 5) is 10.9. The van der Waals surface area contributed by atoms with E-state index in [-0.39, 0.29) is 5.97 Å². The lowest BCUT2D eigenvalue weighted by Crippen LogP contribution is -2.02. The van der Waals surface area contributed by atoms with Crippen molar-refractivity contribution < 1.29 is 14.3 Å². The Kier molecular flexibility index (Phi) is 3.85. The maximum absolute atomic E-state index is 10.9. The summed E-state index contributed by atoms with van der Waals surface area (Å²) in [7, 11) is 0. The summed E-state index contributed by atoms with van der Waals surface area (Å²) < 4.78 is 10.9. The normalized spacial score (nSPS) is 10.1. The Hall–Kier alpha value is -2.29. The van der Waals surface area contributed by atoms with E-state index in [1.54, 1.807) is 12.1 Å². The second kappa shape index (κ2) is 5.57. The molecule has 0 aliphatic heterocycles. The number of aryl methyl sites for hydroxylation is 2. The molecule has 2 rings (SSSR count). The fraction of sp³-hybridized carbons (Fsp3) is 0.188. The number of carbonyl (C=O) groups excluding carboxylic acids is 1. The van der Waals surface area contributed by atoms with Crippen LogP contribution in [0.4, 0.5) is 0 Å². The molecule has 0 amide bonds. The summed E-state index contributed by atoms with van der Waals surface area (Å²) in [6.45, 7) is 5.26. The SMILES string of the molecule is CC(=O)Oc1ccc(Oc2ccccc2C)cc1C. The van der Waals surface area contributed by atoms with Crippen LogP contribution in [-0.2, 0) is 4.79 Å². The lowest BCUT2D eigenvalue weighted by Gasteiger charge is -2.11. The highest BCUT2D eigenvalue weighted by Crippen LogP contribution is 2.28. The molecule has 0 unspecified atom stereocenters. The first-order valence-corrected chi connectivity index (χ1v) is 6.09. The summed E-state index contributed by atoms with van der Waals surface area (Å²) in [6.07, 6.45) is 0. The van der Waals surface area contributed by atoms with Crippen LogP contribution in [0.1, 0.15) is 18.1 Å². The number of carbonyl (C=O) groups is 1. The second-order valence-electron chi connectivity index (χ2n) is 4.39. The van der Waals surface area contributed by atoms with Crippen LogP contribution in [0.25, 0.3) is 0 Å². The third kappa shape index (κ3) is 3.35. The van der Waals surface area contributed by atoms with Gasteiger partial charge in [-0.3, -0.25) is 4.79 Å². The molecule has 0 saturated heterocycles. The molecule has 3 heteroatoms. The van der Waals surface area contributed by atoms with Crippen LogP contribution in [0, 0.1) is 13.8 Å². The highest BCUT2D eigenvalue weighted by molar-refractivity contribution is 5.69. The van der Waals surface area contributed by atoms with E-state index in [1.165, 1.54) is 6.92 Å². The summed E-state index contributed by atoms with van der Waals surface area (Å²) >= 11 is 0. The summed E-state index contributed by atoms with van der Waals surface area (Å²) in [5.41, 5.74) is 1.94. The van der Waals surface area contributed by atoms with Gasteiger partial charge in [0.15, 0.2) is 0 Å². The second-order valence-corrected chi connectivity index (χ2v) is 4.39. The van der Waals surface area contributed by atoms with Crippen LogP contribution in [0.2, 0.25) is 0 Å².